The van der Waals surface area contributed by atoms with Crippen LogP contribution in [0, 0.1) is 0 Å². The van der Waals surface area contributed by atoms with Gasteiger partial charge >= 0.3 is 0 Å². The van der Waals surface area contributed by atoms with E-state index >= 15 is 0 Å². The third kappa shape index (κ3) is 2.39. The number of benzene rings is 1. The first kappa shape index (κ1) is 14.0. The van der Waals surface area contributed by atoms with Crippen molar-refractivity contribution in [2.75, 3.05) is 24.6 Å². The molecule has 23 heavy (non-hydrogen) atoms. The molecule has 1 aromatic carbocycles. The van der Waals surface area contributed by atoms with Gasteiger partial charge in [-0.05, 0) is 12.1 Å². The van der Waals surface area contributed by atoms with E-state index in [0.717, 1.165) is 5.69 Å². The highest BCUT2D eigenvalue weighted by Crippen LogP contribution is 2.29. The quantitative estimate of drug-likeness (QED) is 0.824. The van der Waals surface area contributed by atoms with E-state index in [1.807, 2.05) is 30.3 Å². The van der Waals surface area contributed by atoms with E-state index in [2.05, 4.69) is 5.16 Å². The molecule has 2 aromatic rings. The molecule has 0 spiro atoms. The number of fused-ring (bicyclic) bond motifs is 1. The van der Waals surface area contributed by atoms with Crippen molar-refractivity contribution in [3.05, 3.63) is 48.4 Å². The van der Waals surface area contributed by atoms with Crippen LogP contribution < -0.4 is 4.90 Å². The smallest absolute Gasteiger partial charge is 0.292 e. The Kier molecular flexibility index (Phi) is 3.34. The topological polar surface area (TPSA) is 75.9 Å². The van der Waals surface area contributed by atoms with Crippen molar-refractivity contribution >= 4 is 17.5 Å². The molecule has 4 rings (SSSR count). The van der Waals surface area contributed by atoms with Crippen molar-refractivity contribution in [3.63, 3.8) is 0 Å². The molecular formula is C16H15N3O4. The maximum Gasteiger partial charge on any atom is 0.292 e. The van der Waals surface area contributed by atoms with E-state index in [0.29, 0.717) is 13.1 Å². The highest BCUT2D eigenvalue weighted by molar-refractivity contribution is 5.96. The van der Waals surface area contributed by atoms with Gasteiger partial charge in [0.2, 0.25) is 5.76 Å². The van der Waals surface area contributed by atoms with Crippen molar-refractivity contribution in [3.8, 4) is 0 Å². The second-order valence-electron chi connectivity index (χ2n) is 5.60. The molecule has 0 saturated carbocycles. The van der Waals surface area contributed by atoms with E-state index in [9.17, 15) is 9.59 Å². The number of ether oxygens (including phenoxy) is 1. The second-order valence-corrected chi connectivity index (χ2v) is 5.60. The number of carbonyl (C=O) groups excluding carboxylic acids is 2. The van der Waals surface area contributed by atoms with Crippen LogP contribution in [0.3, 0.4) is 0 Å². The lowest BCUT2D eigenvalue weighted by Gasteiger charge is -2.36. The zero-order valence-electron chi connectivity index (χ0n) is 12.3. The summed E-state index contributed by atoms with van der Waals surface area (Å²) in [6, 6.07) is 10.8. The Labute approximate surface area is 132 Å². The number of nitrogens with zero attached hydrogens (tertiary/aromatic N) is 3. The molecule has 0 N–H and O–H groups in total. The Balaban J connectivity index is 1.59. The Hall–Kier alpha value is -2.67. The maximum absolute atomic E-state index is 12.4. The first-order chi connectivity index (χ1) is 11.2. The molecule has 3 heterocycles. The summed E-state index contributed by atoms with van der Waals surface area (Å²) in [5, 5.41) is 3.56. The van der Waals surface area contributed by atoms with Crippen LogP contribution in [0.4, 0.5) is 5.69 Å². The summed E-state index contributed by atoms with van der Waals surface area (Å²) in [6.45, 7) is 0.867. The second kappa shape index (κ2) is 5.51. The van der Waals surface area contributed by atoms with Gasteiger partial charge < -0.3 is 19.1 Å². The van der Waals surface area contributed by atoms with Gasteiger partial charge in [0.1, 0.15) is 6.61 Å². The molecule has 2 saturated heterocycles. The van der Waals surface area contributed by atoms with E-state index < -0.39 is 0 Å². The minimum absolute atomic E-state index is 0.0282. The Morgan fingerprint density at radius 1 is 1.17 bits per heavy atom. The van der Waals surface area contributed by atoms with Gasteiger partial charge in [0.05, 0.1) is 18.3 Å². The summed E-state index contributed by atoms with van der Waals surface area (Å²) in [6.07, 6.45) is 1.24. The molecule has 7 nitrogen and oxygen atoms in total. The lowest BCUT2D eigenvalue weighted by Crippen LogP contribution is -2.54. The summed E-state index contributed by atoms with van der Waals surface area (Å²) in [5.74, 6) is -0.131. The Morgan fingerprint density at radius 2 is 2.00 bits per heavy atom. The van der Waals surface area contributed by atoms with Gasteiger partial charge in [-0.1, -0.05) is 23.4 Å². The number of aromatic nitrogens is 1. The first-order valence-electron chi connectivity index (χ1n) is 7.43. The highest BCUT2D eigenvalue weighted by atomic mass is 16.5. The molecule has 2 unspecified atom stereocenters. The van der Waals surface area contributed by atoms with Crippen molar-refractivity contribution in [2.24, 2.45) is 0 Å². The first-order valence-corrected chi connectivity index (χ1v) is 7.43. The standard InChI is InChI=1S/C16H15N3O4/c20-15-10-22-14-9-18(16(21)13-6-7-17-23-13)8-12(14)19(15)11-4-2-1-3-5-11/h1-7,12,14H,8-10H2. The number of hydrogen-bond acceptors (Lipinski definition) is 5. The maximum atomic E-state index is 12.4. The summed E-state index contributed by atoms with van der Waals surface area (Å²) >= 11 is 0. The van der Waals surface area contributed by atoms with Gasteiger partial charge in [-0.15, -0.1) is 0 Å². The number of morpholine rings is 1. The average molecular weight is 313 g/mol. The van der Waals surface area contributed by atoms with Crippen LogP contribution in [0.2, 0.25) is 0 Å². The normalized spacial score (nSPS) is 23.9. The summed E-state index contributed by atoms with van der Waals surface area (Å²) in [7, 11) is 0. The summed E-state index contributed by atoms with van der Waals surface area (Å²) in [4.78, 5) is 28.1. The van der Waals surface area contributed by atoms with Crippen molar-refractivity contribution < 1.29 is 18.8 Å². The van der Waals surface area contributed by atoms with Gasteiger partial charge in [-0.25, -0.2) is 0 Å². The van der Waals surface area contributed by atoms with Crippen LogP contribution in [-0.4, -0.2) is 53.7 Å². The number of likely N-dealkylation sites (tertiary alicyclic amines) is 1. The van der Waals surface area contributed by atoms with Crippen LogP contribution in [0.25, 0.3) is 0 Å². The summed E-state index contributed by atoms with van der Waals surface area (Å²) < 4.78 is 10.6. The highest BCUT2D eigenvalue weighted by Gasteiger charge is 2.45. The summed E-state index contributed by atoms with van der Waals surface area (Å²) in [5.41, 5.74) is 0.824. The Bertz CT molecular complexity index is 716. The predicted octanol–water partition coefficient (Wildman–Crippen LogP) is 0.931. The van der Waals surface area contributed by atoms with Gasteiger partial charge in [0.25, 0.3) is 11.8 Å². The average Bonchev–Trinajstić information content (AvgIpc) is 3.24. The molecule has 2 aliphatic heterocycles. The minimum atomic E-state index is -0.235. The van der Waals surface area contributed by atoms with Crippen molar-refractivity contribution in [1.29, 1.82) is 0 Å². The molecule has 0 aliphatic carbocycles. The Morgan fingerprint density at radius 3 is 2.74 bits per heavy atom. The van der Waals surface area contributed by atoms with Gasteiger partial charge in [0, 0.05) is 24.8 Å². The van der Waals surface area contributed by atoms with E-state index in [4.69, 9.17) is 9.26 Å². The van der Waals surface area contributed by atoms with Gasteiger partial charge in [-0.3, -0.25) is 9.59 Å². The number of para-hydroxylation sites is 1. The molecular weight excluding hydrogens is 298 g/mol. The zero-order chi connectivity index (χ0) is 15.8. The fourth-order valence-corrected chi connectivity index (χ4v) is 3.17. The molecule has 2 aliphatic rings. The SMILES string of the molecule is O=C(c1ccno1)N1CC2OCC(=O)N(c3ccccc3)C2C1. The number of amides is 2. The number of rotatable bonds is 2. The molecule has 7 heteroatoms. The largest absolute Gasteiger partial charge is 0.364 e. The molecule has 2 fully saturated rings. The third-order valence-corrected chi connectivity index (χ3v) is 4.23. The fraction of sp³-hybridized carbons (Fsp3) is 0.312. The van der Waals surface area contributed by atoms with Crippen LogP contribution in [0.5, 0.6) is 0 Å². The van der Waals surface area contributed by atoms with E-state index in [1.165, 1.54) is 12.3 Å². The number of hydrogen-bond donors (Lipinski definition) is 0. The van der Waals surface area contributed by atoms with Crippen LogP contribution >= 0.6 is 0 Å². The third-order valence-electron chi connectivity index (χ3n) is 4.23. The van der Waals surface area contributed by atoms with E-state index in [-0.39, 0.29) is 36.3 Å². The molecule has 1 aromatic heterocycles. The molecule has 2 atom stereocenters. The molecule has 118 valence electrons. The van der Waals surface area contributed by atoms with Crippen molar-refractivity contribution in [1.82, 2.24) is 10.1 Å². The minimum Gasteiger partial charge on any atom is -0.364 e. The monoisotopic (exact) mass is 313 g/mol. The molecule has 0 bridgehead atoms. The number of carbonyl (C=O) groups is 2. The van der Waals surface area contributed by atoms with Crippen LogP contribution in [-0.2, 0) is 9.53 Å². The van der Waals surface area contributed by atoms with E-state index in [1.54, 1.807) is 9.80 Å². The van der Waals surface area contributed by atoms with Gasteiger partial charge in [0.15, 0.2) is 0 Å². The zero-order valence-corrected chi connectivity index (χ0v) is 12.3. The molecule has 0 radical (unpaired) electrons. The predicted molar refractivity (Wildman–Crippen MR) is 79.9 cm³/mol. The van der Waals surface area contributed by atoms with Crippen LogP contribution in [0.15, 0.2) is 47.1 Å². The molecule has 2 amide bonds. The van der Waals surface area contributed by atoms with Crippen LogP contribution in [0.1, 0.15) is 10.6 Å². The fourth-order valence-electron chi connectivity index (χ4n) is 3.17. The lowest BCUT2D eigenvalue weighted by molar-refractivity contribution is -0.130. The van der Waals surface area contributed by atoms with Gasteiger partial charge in [-0.2, -0.15) is 0 Å². The van der Waals surface area contributed by atoms with Crippen molar-refractivity contribution in [2.45, 2.75) is 12.1 Å². The number of anilines is 1. The lowest BCUT2D eigenvalue weighted by atomic mass is 10.1.